The molecule has 0 aliphatic carbocycles. The van der Waals surface area contributed by atoms with E-state index < -0.39 is 0 Å². The zero-order valence-corrected chi connectivity index (χ0v) is 13.5. The Morgan fingerprint density at radius 3 is 2.71 bits per heavy atom. The van der Waals surface area contributed by atoms with Gasteiger partial charge in [-0.25, -0.2) is 0 Å². The number of benzene rings is 2. The van der Waals surface area contributed by atoms with E-state index in [1.165, 1.54) is 0 Å². The number of anilines is 1. The molecule has 0 spiro atoms. The molecular formula is C20H16N2O2. The van der Waals surface area contributed by atoms with E-state index in [2.05, 4.69) is 10.3 Å². The SMILES string of the molecule is Cc1ccc2c(NC(=O)c3cc4ccccc4o3)c(C)ccc2n1. The number of hydrogen-bond acceptors (Lipinski definition) is 3. The van der Waals surface area contributed by atoms with E-state index in [1.54, 1.807) is 6.07 Å². The van der Waals surface area contributed by atoms with Crippen LogP contribution in [0.25, 0.3) is 21.9 Å². The highest BCUT2D eigenvalue weighted by Crippen LogP contribution is 2.27. The van der Waals surface area contributed by atoms with Gasteiger partial charge in [-0.15, -0.1) is 0 Å². The maximum atomic E-state index is 12.6. The second-order valence-electron chi connectivity index (χ2n) is 5.88. The van der Waals surface area contributed by atoms with Gasteiger partial charge in [0.05, 0.1) is 11.2 Å². The Bertz CT molecular complexity index is 1050. The first-order chi connectivity index (χ1) is 11.6. The fourth-order valence-electron chi connectivity index (χ4n) is 2.85. The molecule has 0 aliphatic heterocycles. The first-order valence-corrected chi connectivity index (χ1v) is 7.79. The Morgan fingerprint density at radius 2 is 1.88 bits per heavy atom. The van der Waals surface area contributed by atoms with Gasteiger partial charge in [0.2, 0.25) is 0 Å². The largest absolute Gasteiger partial charge is 0.451 e. The molecule has 1 N–H and O–H groups in total. The minimum Gasteiger partial charge on any atom is -0.451 e. The van der Waals surface area contributed by atoms with Gasteiger partial charge in [0.1, 0.15) is 5.58 Å². The van der Waals surface area contributed by atoms with Gasteiger partial charge in [0.15, 0.2) is 5.76 Å². The number of pyridine rings is 1. The first kappa shape index (κ1) is 14.5. The molecule has 2 aromatic heterocycles. The number of aryl methyl sites for hydroxylation is 2. The highest BCUT2D eigenvalue weighted by molar-refractivity contribution is 6.09. The lowest BCUT2D eigenvalue weighted by molar-refractivity contribution is 0.0999. The van der Waals surface area contributed by atoms with Crippen LogP contribution in [0, 0.1) is 13.8 Å². The second-order valence-corrected chi connectivity index (χ2v) is 5.88. The quantitative estimate of drug-likeness (QED) is 0.575. The van der Waals surface area contributed by atoms with E-state index in [0.29, 0.717) is 11.3 Å². The van der Waals surface area contributed by atoms with Crippen LogP contribution in [0.4, 0.5) is 5.69 Å². The molecule has 0 radical (unpaired) electrons. The van der Waals surface area contributed by atoms with E-state index in [4.69, 9.17) is 4.42 Å². The zero-order valence-electron chi connectivity index (χ0n) is 13.5. The Balaban J connectivity index is 1.75. The summed E-state index contributed by atoms with van der Waals surface area (Å²) in [5.74, 6) is 0.0371. The maximum absolute atomic E-state index is 12.6. The topological polar surface area (TPSA) is 55.1 Å². The number of fused-ring (bicyclic) bond motifs is 2. The summed E-state index contributed by atoms with van der Waals surface area (Å²) in [6, 6.07) is 17.2. The molecule has 4 nitrogen and oxygen atoms in total. The molecule has 4 heteroatoms. The Labute approximate surface area is 139 Å². The number of para-hydroxylation sites is 1. The smallest absolute Gasteiger partial charge is 0.291 e. The van der Waals surface area contributed by atoms with Gasteiger partial charge in [-0.2, -0.15) is 0 Å². The van der Waals surface area contributed by atoms with Gasteiger partial charge in [-0.1, -0.05) is 24.3 Å². The molecule has 4 rings (SSSR count). The summed E-state index contributed by atoms with van der Waals surface area (Å²) in [6.07, 6.45) is 0. The van der Waals surface area contributed by atoms with Gasteiger partial charge in [0, 0.05) is 16.5 Å². The average Bonchev–Trinajstić information content (AvgIpc) is 3.01. The van der Waals surface area contributed by atoms with E-state index in [-0.39, 0.29) is 5.91 Å². The lowest BCUT2D eigenvalue weighted by Crippen LogP contribution is -2.12. The van der Waals surface area contributed by atoms with Crippen LogP contribution < -0.4 is 5.32 Å². The molecule has 0 saturated carbocycles. The summed E-state index contributed by atoms with van der Waals surface area (Å²) < 4.78 is 5.65. The van der Waals surface area contributed by atoms with Crippen molar-refractivity contribution in [1.29, 1.82) is 0 Å². The van der Waals surface area contributed by atoms with Crippen molar-refractivity contribution < 1.29 is 9.21 Å². The van der Waals surface area contributed by atoms with E-state index in [0.717, 1.165) is 33.2 Å². The third-order valence-corrected chi connectivity index (χ3v) is 4.11. The molecule has 0 aliphatic rings. The summed E-state index contributed by atoms with van der Waals surface area (Å²) in [4.78, 5) is 17.1. The number of rotatable bonds is 2. The molecule has 4 aromatic rings. The number of furan rings is 1. The van der Waals surface area contributed by atoms with Crippen LogP contribution in [0.5, 0.6) is 0 Å². The molecule has 118 valence electrons. The molecule has 2 aromatic carbocycles. The number of carbonyl (C=O) groups excluding carboxylic acids is 1. The lowest BCUT2D eigenvalue weighted by atomic mass is 10.1. The molecule has 0 atom stereocenters. The van der Waals surface area contributed by atoms with Crippen molar-refractivity contribution in [2.75, 3.05) is 5.32 Å². The van der Waals surface area contributed by atoms with Crippen molar-refractivity contribution >= 4 is 33.5 Å². The van der Waals surface area contributed by atoms with Gasteiger partial charge < -0.3 is 9.73 Å². The van der Waals surface area contributed by atoms with Crippen LogP contribution in [0.3, 0.4) is 0 Å². The van der Waals surface area contributed by atoms with Gasteiger partial charge in [-0.05, 0) is 49.7 Å². The van der Waals surface area contributed by atoms with Crippen molar-refractivity contribution in [3.05, 3.63) is 71.6 Å². The monoisotopic (exact) mass is 316 g/mol. The standard InChI is InChI=1S/C20H16N2O2/c1-12-7-10-16-15(9-8-13(2)21-16)19(12)22-20(23)18-11-14-5-3-4-6-17(14)24-18/h3-11H,1-2H3,(H,22,23). The number of nitrogens with one attached hydrogen (secondary N) is 1. The highest BCUT2D eigenvalue weighted by atomic mass is 16.3. The van der Waals surface area contributed by atoms with Crippen molar-refractivity contribution in [3.8, 4) is 0 Å². The van der Waals surface area contributed by atoms with Gasteiger partial charge >= 0.3 is 0 Å². The average molecular weight is 316 g/mol. The number of aromatic nitrogens is 1. The summed E-state index contributed by atoms with van der Waals surface area (Å²) in [5, 5.41) is 4.81. The van der Waals surface area contributed by atoms with Crippen molar-refractivity contribution in [3.63, 3.8) is 0 Å². The van der Waals surface area contributed by atoms with E-state index in [1.807, 2.05) is 62.4 Å². The van der Waals surface area contributed by atoms with Gasteiger partial charge in [0.25, 0.3) is 5.91 Å². The number of carbonyl (C=O) groups is 1. The molecular weight excluding hydrogens is 300 g/mol. The van der Waals surface area contributed by atoms with Crippen LogP contribution in [0.1, 0.15) is 21.8 Å². The summed E-state index contributed by atoms with van der Waals surface area (Å²) >= 11 is 0. The summed E-state index contributed by atoms with van der Waals surface area (Å²) in [7, 11) is 0. The van der Waals surface area contributed by atoms with Crippen molar-refractivity contribution in [2.24, 2.45) is 0 Å². The van der Waals surface area contributed by atoms with Gasteiger partial charge in [-0.3, -0.25) is 9.78 Å². The predicted molar refractivity (Wildman–Crippen MR) is 95.4 cm³/mol. The Hall–Kier alpha value is -3.14. The lowest BCUT2D eigenvalue weighted by Gasteiger charge is -2.11. The minimum absolute atomic E-state index is 0.262. The van der Waals surface area contributed by atoms with Crippen molar-refractivity contribution in [1.82, 2.24) is 4.98 Å². The third-order valence-electron chi connectivity index (χ3n) is 4.11. The maximum Gasteiger partial charge on any atom is 0.291 e. The molecule has 24 heavy (non-hydrogen) atoms. The van der Waals surface area contributed by atoms with Crippen LogP contribution in [0.2, 0.25) is 0 Å². The molecule has 1 amide bonds. The van der Waals surface area contributed by atoms with Crippen LogP contribution >= 0.6 is 0 Å². The molecule has 0 bridgehead atoms. The van der Waals surface area contributed by atoms with E-state index in [9.17, 15) is 4.79 Å². The molecule has 0 saturated heterocycles. The number of amides is 1. The summed E-state index contributed by atoms with van der Waals surface area (Å²) in [6.45, 7) is 3.92. The normalized spacial score (nSPS) is 11.1. The molecule has 0 fully saturated rings. The van der Waals surface area contributed by atoms with Crippen LogP contribution in [-0.4, -0.2) is 10.9 Å². The van der Waals surface area contributed by atoms with Crippen molar-refractivity contribution in [2.45, 2.75) is 13.8 Å². The fourth-order valence-corrected chi connectivity index (χ4v) is 2.85. The van der Waals surface area contributed by atoms with Crippen LogP contribution in [0.15, 0.2) is 59.0 Å². The molecule has 2 heterocycles. The predicted octanol–water partition coefficient (Wildman–Crippen LogP) is 4.85. The number of hydrogen-bond donors (Lipinski definition) is 1. The van der Waals surface area contributed by atoms with Crippen LogP contribution in [-0.2, 0) is 0 Å². The fraction of sp³-hybridized carbons (Fsp3) is 0.100. The Kier molecular flexibility index (Phi) is 3.31. The zero-order chi connectivity index (χ0) is 16.7. The Morgan fingerprint density at radius 1 is 1.04 bits per heavy atom. The first-order valence-electron chi connectivity index (χ1n) is 7.79. The number of nitrogens with zero attached hydrogens (tertiary/aromatic N) is 1. The minimum atomic E-state index is -0.262. The molecule has 0 unspecified atom stereocenters. The summed E-state index contributed by atoms with van der Waals surface area (Å²) in [5.41, 5.74) is 4.26. The third kappa shape index (κ3) is 2.42. The van der Waals surface area contributed by atoms with E-state index >= 15 is 0 Å². The second kappa shape index (κ2) is 5.49. The highest BCUT2D eigenvalue weighted by Gasteiger charge is 2.15.